The molecule has 0 fully saturated rings. The Morgan fingerprint density at radius 2 is 2.25 bits per heavy atom. The average molecular weight is 183 g/mol. The molecule has 0 saturated heterocycles. The maximum atomic E-state index is 11.2. The first kappa shape index (κ1) is 7.77. The van der Waals surface area contributed by atoms with Gasteiger partial charge >= 0.3 is 0 Å². The second-order valence-electron chi connectivity index (χ2n) is 2.87. The Kier molecular flexibility index (Phi) is 1.67. The molecule has 0 bridgehead atoms. The first-order valence-corrected chi connectivity index (χ1v) is 4.07. The van der Waals surface area contributed by atoms with E-state index < -0.39 is 6.10 Å². The lowest BCUT2D eigenvalue weighted by atomic mass is 10.1. The highest BCUT2D eigenvalue weighted by Crippen LogP contribution is 2.32. The zero-order chi connectivity index (χ0) is 8.72. The molecule has 1 aliphatic rings. The van der Waals surface area contributed by atoms with Gasteiger partial charge in [-0.1, -0.05) is 17.7 Å². The fourth-order valence-corrected chi connectivity index (χ4v) is 1.63. The van der Waals surface area contributed by atoms with E-state index >= 15 is 0 Å². The molecule has 0 aromatic heterocycles. The van der Waals surface area contributed by atoms with Crippen molar-refractivity contribution in [3.63, 3.8) is 0 Å². The largest absolute Gasteiger partial charge is 0.388 e. The number of benzene rings is 1. The predicted molar refractivity (Wildman–Crippen MR) is 45.4 cm³/mol. The molecule has 1 aliphatic carbocycles. The topological polar surface area (TPSA) is 37.3 Å². The number of fused-ring (bicyclic) bond motifs is 1. The lowest BCUT2D eigenvalue weighted by Crippen LogP contribution is -1.90. The van der Waals surface area contributed by atoms with Gasteiger partial charge < -0.3 is 5.11 Å². The van der Waals surface area contributed by atoms with Crippen LogP contribution in [0.15, 0.2) is 18.2 Å². The summed E-state index contributed by atoms with van der Waals surface area (Å²) in [6, 6.07) is 4.99. The molecule has 0 radical (unpaired) electrons. The van der Waals surface area contributed by atoms with Gasteiger partial charge in [0.1, 0.15) is 0 Å². The summed E-state index contributed by atoms with van der Waals surface area (Å²) in [5.41, 5.74) is 1.26. The Morgan fingerprint density at radius 1 is 1.50 bits per heavy atom. The van der Waals surface area contributed by atoms with Gasteiger partial charge in [0, 0.05) is 17.0 Å². The summed E-state index contributed by atoms with van der Waals surface area (Å²) in [4.78, 5) is 11.2. The summed E-state index contributed by atoms with van der Waals surface area (Å²) < 4.78 is 0. The van der Waals surface area contributed by atoms with Gasteiger partial charge in [-0.25, -0.2) is 0 Å². The van der Waals surface area contributed by atoms with Gasteiger partial charge in [-0.05, 0) is 17.7 Å². The third-order valence-corrected chi connectivity index (χ3v) is 2.29. The number of aliphatic hydroxyl groups is 1. The van der Waals surface area contributed by atoms with Gasteiger partial charge in [-0.2, -0.15) is 0 Å². The van der Waals surface area contributed by atoms with Gasteiger partial charge in [-0.3, -0.25) is 4.79 Å². The van der Waals surface area contributed by atoms with Gasteiger partial charge in [0.2, 0.25) is 0 Å². The predicted octanol–water partition coefficient (Wildman–Crippen LogP) is 1.96. The van der Waals surface area contributed by atoms with Crippen molar-refractivity contribution in [2.75, 3.05) is 0 Å². The van der Waals surface area contributed by atoms with Crippen LogP contribution in [0.1, 0.15) is 28.4 Å². The Balaban J connectivity index is 2.60. The monoisotopic (exact) mass is 182 g/mol. The van der Waals surface area contributed by atoms with Crippen molar-refractivity contribution < 1.29 is 9.90 Å². The lowest BCUT2D eigenvalue weighted by Gasteiger charge is -2.00. The minimum atomic E-state index is -0.634. The van der Waals surface area contributed by atoms with Crippen molar-refractivity contribution in [1.29, 1.82) is 0 Å². The number of carbonyl (C=O) groups is 1. The lowest BCUT2D eigenvalue weighted by molar-refractivity contribution is 0.0930. The smallest absolute Gasteiger partial charge is 0.166 e. The maximum Gasteiger partial charge on any atom is 0.166 e. The van der Waals surface area contributed by atoms with E-state index in [9.17, 15) is 9.90 Å². The van der Waals surface area contributed by atoms with Crippen LogP contribution in [0.4, 0.5) is 0 Å². The summed E-state index contributed by atoms with van der Waals surface area (Å²) >= 11 is 5.70. The van der Waals surface area contributed by atoms with Crippen molar-refractivity contribution in [2.24, 2.45) is 0 Å². The van der Waals surface area contributed by atoms with Crippen LogP contribution in [0, 0.1) is 0 Å². The average Bonchev–Trinajstić information content (AvgIpc) is 2.28. The van der Waals surface area contributed by atoms with Crippen molar-refractivity contribution in [3.05, 3.63) is 34.3 Å². The number of carbonyl (C=O) groups excluding carboxylic acids is 1. The highest BCUT2D eigenvalue weighted by Gasteiger charge is 2.27. The first-order chi connectivity index (χ1) is 5.68. The fourth-order valence-electron chi connectivity index (χ4n) is 1.46. The van der Waals surface area contributed by atoms with Crippen molar-refractivity contribution in [2.45, 2.75) is 12.5 Å². The zero-order valence-electron chi connectivity index (χ0n) is 6.25. The standard InChI is InChI=1S/C9H7ClO2/c10-5-1-2-6-7(3-5)9(12)4-8(6)11/h1-3,8,11H,4H2. The van der Waals surface area contributed by atoms with Crippen LogP contribution in [-0.2, 0) is 0 Å². The molecule has 1 aromatic rings. The second kappa shape index (κ2) is 2.57. The van der Waals surface area contributed by atoms with Crippen molar-refractivity contribution in [3.8, 4) is 0 Å². The number of Topliss-reactive ketones (excluding diaryl/α,β-unsaturated/α-hetero) is 1. The van der Waals surface area contributed by atoms with Crippen LogP contribution in [0.25, 0.3) is 0 Å². The first-order valence-electron chi connectivity index (χ1n) is 3.69. The maximum absolute atomic E-state index is 11.2. The second-order valence-corrected chi connectivity index (χ2v) is 3.31. The summed E-state index contributed by atoms with van der Waals surface area (Å²) in [5, 5.41) is 9.92. The molecule has 1 N–H and O–H groups in total. The van der Waals surface area contributed by atoms with Crippen LogP contribution < -0.4 is 0 Å². The van der Waals surface area contributed by atoms with Gasteiger partial charge in [0.15, 0.2) is 5.78 Å². The number of hydrogen-bond donors (Lipinski definition) is 1. The molecule has 0 spiro atoms. The third-order valence-electron chi connectivity index (χ3n) is 2.05. The summed E-state index contributed by atoms with van der Waals surface area (Å²) in [7, 11) is 0. The highest BCUT2D eigenvalue weighted by molar-refractivity contribution is 6.31. The minimum Gasteiger partial charge on any atom is -0.388 e. The van der Waals surface area contributed by atoms with E-state index in [0.29, 0.717) is 16.1 Å². The molecule has 12 heavy (non-hydrogen) atoms. The summed E-state index contributed by atoms with van der Waals surface area (Å²) in [6.45, 7) is 0. The number of aliphatic hydroxyl groups excluding tert-OH is 1. The van der Waals surface area contributed by atoms with Gasteiger partial charge in [-0.15, -0.1) is 0 Å². The van der Waals surface area contributed by atoms with E-state index in [-0.39, 0.29) is 12.2 Å². The molecule has 2 rings (SSSR count). The van der Waals surface area contributed by atoms with Crippen molar-refractivity contribution >= 4 is 17.4 Å². The quantitative estimate of drug-likeness (QED) is 0.666. The van der Waals surface area contributed by atoms with E-state index in [1.54, 1.807) is 18.2 Å². The number of halogens is 1. The number of rotatable bonds is 0. The normalized spacial score (nSPS) is 21.2. The van der Waals surface area contributed by atoms with Crippen LogP contribution >= 0.6 is 11.6 Å². The Bertz CT molecular complexity index is 346. The number of ketones is 1. The minimum absolute atomic E-state index is 0.0278. The van der Waals surface area contributed by atoms with Crippen LogP contribution in [-0.4, -0.2) is 10.9 Å². The molecule has 2 nitrogen and oxygen atoms in total. The van der Waals surface area contributed by atoms with Crippen LogP contribution in [0.2, 0.25) is 5.02 Å². The van der Waals surface area contributed by atoms with Crippen LogP contribution in [0.5, 0.6) is 0 Å². The number of hydrogen-bond acceptors (Lipinski definition) is 2. The SMILES string of the molecule is O=C1CC(O)c2ccc(Cl)cc21. The van der Waals surface area contributed by atoms with Gasteiger partial charge in [0.25, 0.3) is 0 Å². The van der Waals surface area contributed by atoms with E-state index in [0.717, 1.165) is 0 Å². The molecular formula is C9H7ClO2. The third kappa shape index (κ3) is 1.04. The van der Waals surface area contributed by atoms with E-state index in [1.165, 1.54) is 0 Å². The molecule has 0 heterocycles. The van der Waals surface area contributed by atoms with E-state index in [4.69, 9.17) is 11.6 Å². The Labute approximate surface area is 74.8 Å². The molecule has 0 aliphatic heterocycles. The molecule has 62 valence electrons. The Morgan fingerprint density at radius 3 is 3.00 bits per heavy atom. The molecule has 0 amide bonds. The Hall–Kier alpha value is -0.860. The van der Waals surface area contributed by atoms with Gasteiger partial charge in [0.05, 0.1) is 6.10 Å². The molecular weight excluding hydrogens is 176 g/mol. The van der Waals surface area contributed by atoms with E-state index in [2.05, 4.69) is 0 Å². The summed E-state index contributed by atoms with van der Waals surface area (Å²) in [6.07, 6.45) is -0.444. The van der Waals surface area contributed by atoms with Crippen molar-refractivity contribution in [1.82, 2.24) is 0 Å². The molecule has 0 saturated carbocycles. The summed E-state index contributed by atoms with van der Waals surface area (Å²) in [5.74, 6) is -0.0278. The van der Waals surface area contributed by atoms with E-state index in [1.807, 2.05) is 0 Å². The zero-order valence-corrected chi connectivity index (χ0v) is 7.01. The molecule has 1 aromatic carbocycles. The highest BCUT2D eigenvalue weighted by atomic mass is 35.5. The van der Waals surface area contributed by atoms with Crippen LogP contribution in [0.3, 0.4) is 0 Å². The molecule has 1 unspecified atom stereocenters. The molecule has 1 atom stereocenters. The fraction of sp³-hybridized carbons (Fsp3) is 0.222. The molecule has 3 heteroatoms.